The van der Waals surface area contributed by atoms with Crippen LogP contribution < -0.4 is 5.32 Å². The van der Waals surface area contributed by atoms with Crippen LogP contribution in [0, 0.1) is 5.82 Å². The zero-order chi connectivity index (χ0) is 12.2. The number of pyridine rings is 1. The highest BCUT2D eigenvalue weighted by Crippen LogP contribution is 2.22. The van der Waals surface area contributed by atoms with Gasteiger partial charge in [0.15, 0.2) is 0 Å². The number of nitrogens with one attached hydrogen (secondary N) is 1. The third-order valence-corrected chi connectivity index (χ3v) is 2.59. The summed E-state index contributed by atoms with van der Waals surface area (Å²) in [6.45, 7) is 6.31. The Labute approximate surface area is 95.7 Å². The summed E-state index contributed by atoms with van der Waals surface area (Å²) in [6, 6.07) is 3.14. The molecular formula is C12H19FN2O. The third-order valence-electron chi connectivity index (χ3n) is 2.59. The molecule has 4 heteroatoms. The largest absolute Gasteiger partial charge is 0.382 e. The van der Waals surface area contributed by atoms with Gasteiger partial charge < -0.3 is 10.4 Å². The lowest BCUT2D eigenvalue weighted by molar-refractivity contribution is 0.0264. The van der Waals surface area contributed by atoms with E-state index in [0.29, 0.717) is 24.7 Å². The van der Waals surface area contributed by atoms with Crippen LogP contribution >= 0.6 is 0 Å². The Morgan fingerprint density at radius 1 is 1.50 bits per heavy atom. The van der Waals surface area contributed by atoms with Crippen LogP contribution in [-0.2, 0) is 5.60 Å². The van der Waals surface area contributed by atoms with Crippen LogP contribution in [0.3, 0.4) is 0 Å². The molecule has 0 bridgehead atoms. The predicted molar refractivity (Wildman–Crippen MR) is 61.5 cm³/mol. The summed E-state index contributed by atoms with van der Waals surface area (Å²) < 4.78 is 12.7. The smallest absolute Gasteiger partial charge is 0.141 e. The maximum absolute atomic E-state index is 12.7. The van der Waals surface area contributed by atoms with Crippen LogP contribution in [0.25, 0.3) is 0 Å². The van der Waals surface area contributed by atoms with Gasteiger partial charge in [-0.2, -0.15) is 0 Å². The summed E-state index contributed by atoms with van der Waals surface area (Å²) >= 11 is 0. The second-order valence-corrected chi connectivity index (χ2v) is 4.28. The highest BCUT2D eigenvalue weighted by atomic mass is 19.1. The molecule has 0 amide bonds. The first-order valence-electron chi connectivity index (χ1n) is 5.55. The first-order valence-corrected chi connectivity index (χ1v) is 5.55. The molecule has 0 aromatic carbocycles. The molecule has 0 aliphatic rings. The van der Waals surface area contributed by atoms with Crippen LogP contribution in [0.2, 0.25) is 0 Å². The molecule has 0 saturated carbocycles. The summed E-state index contributed by atoms with van der Waals surface area (Å²) in [7, 11) is 0. The molecule has 0 saturated heterocycles. The minimum absolute atomic E-state index is 0.290. The van der Waals surface area contributed by atoms with Gasteiger partial charge in [-0.15, -0.1) is 0 Å². The Kier molecular flexibility index (Phi) is 4.38. The summed E-state index contributed by atoms with van der Waals surface area (Å²) in [6.07, 6.45) is 1.66. The number of aliphatic hydroxyl groups is 1. The van der Waals surface area contributed by atoms with Crippen molar-refractivity contribution in [3.63, 3.8) is 0 Å². The monoisotopic (exact) mass is 226 g/mol. The van der Waals surface area contributed by atoms with Gasteiger partial charge in [-0.05, 0) is 18.6 Å². The van der Waals surface area contributed by atoms with Crippen molar-refractivity contribution < 1.29 is 9.50 Å². The van der Waals surface area contributed by atoms with E-state index in [1.165, 1.54) is 12.1 Å². The Hall–Kier alpha value is -1.00. The van der Waals surface area contributed by atoms with E-state index in [1.54, 1.807) is 0 Å². The molecule has 0 aliphatic carbocycles. The highest BCUT2D eigenvalue weighted by Gasteiger charge is 2.28. The van der Waals surface area contributed by atoms with Crippen molar-refractivity contribution in [3.8, 4) is 0 Å². The molecule has 1 aromatic rings. The number of halogens is 1. The lowest BCUT2D eigenvalue weighted by Crippen LogP contribution is -2.41. The molecule has 0 fully saturated rings. The average Bonchev–Trinajstić information content (AvgIpc) is 2.27. The number of rotatable bonds is 5. The van der Waals surface area contributed by atoms with Crippen molar-refractivity contribution in [2.45, 2.75) is 38.8 Å². The molecule has 3 nitrogen and oxygen atoms in total. The summed E-state index contributed by atoms with van der Waals surface area (Å²) in [4.78, 5) is 3.93. The van der Waals surface area contributed by atoms with Gasteiger partial charge in [-0.1, -0.05) is 20.8 Å². The molecule has 0 spiro atoms. The normalized spacial score (nSPS) is 15.1. The van der Waals surface area contributed by atoms with Crippen molar-refractivity contribution in [3.05, 3.63) is 29.8 Å². The maximum atomic E-state index is 12.7. The molecular weight excluding hydrogens is 207 g/mol. The van der Waals surface area contributed by atoms with Crippen LogP contribution in [0.4, 0.5) is 4.39 Å². The molecule has 0 aliphatic heterocycles. The molecule has 0 radical (unpaired) electrons. The van der Waals surface area contributed by atoms with Crippen molar-refractivity contribution in [2.24, 2.45) is 0 Å². The Morgan fingerprint density at radius 3 is 2.62 bits per heavy atom. The number of hydrogen-bond acceptors (Lipinski definition) is 3. The van der Waals surface area contributed by atoms with E-state index in [2.05, 4.69) is 10.3 Å². The van der Waals surface area contributed by atoms with Gasteiger partial charge in [0.1, 0.15) is 11.4 Å². The van der Waals surface area contributed by atoms with Gasteiger partial charge >= 0.3 is 0 Å². The second kappa shape index (κ2) is 5.37. The van der Waals surface area contributed by atoms with E-state index >= 15 is 0 Å². The lowest BCUT2D eigenvalue weighted by Gasteiger charge is -2.27. The highest BCUT2D eigenvalue weighted by molar-refractivity contribution is 5.14. The topological polar surface area (TPSA) is 45.1 Å². The van der Waals surface area contributed by atoms with E-state index in [-0.39, 0.29) is 5.82 Å². The number of nitrogens with zero attached hydrogens (tertiary/aromatic N) is 1. The molecule has 1 atom stereocenters. The summed E-state index contributed by atoms with van der Waals surface area (Å²) in [5, 5.41) is 13.6. The van der Waals surface area contributed by atoms with Crippen LogP contribution in [0.15, 0.2) is 18.3 Å². The number of hydrogen-bond donors (Lipinski definition) is 2. The Morgan fingerprint density at radius 2 is 2.19 bits per heavy atom. The van der Waals surface area contributed by atoms with Gasteiger partial charge in [0.2, 0.25) is 0 Å². The van der Waals surface area contributed by atoms with E-state index in [1.807, 2.05) is 20.8 Å². The van der Waals surface area contributed by atoms with Crippen LogP contribution in [0.1, 0.15) is 32.9 Å². The van der Waals surface area contributed by atoms with Gasteiger partial charge in [-0.3, -0.25) is 4.98 Å². The second-order valence-electron chi connectivity index (χ2n) is 4.28. The molecule has 1 heterocycles. The van der Waals surface area contributed by atoms with Gasteiger partial charge in [0.25, 0.3) is 0 Å². The van der Waals surface area contributed by atoms with Crippen molar-refractivity contribution in [1.82, 2.24) is 10.3 Å². The van der Waals surface area contributed by atoms with Gasteiger partial charge in [-0.25, -0.2) is 4.39 Å². The molecule has 90 valence electrons. The lowest BCUT2D eigenvalue weighted by atomic mass is 9.95. The minimum atomic E-state index is -1.03. The zero-order valence-electron chi connectivity index (χ0n) is 10.00. The molecule has 1 rings (SSSR count). The van der Waals surface area contributed by atoms with Crippen LogP contribution in [0.5, 0.6) is 0 Å². The fraction of sp³-hybridized carbons (Fsp3) is 0.583. The third kappa shape index (κ3) is 3.25. The van der Waals surface area contributed by atoms with Gasteiger partial charge in [0.05, 0.1) is 11.9 Å². The molecule has 1 unspecified atom stereocenters. The Balaban J connectivity index is 2.82. The van der Waals surface area contributed by atoms with Crippen molar-refractivity contribution in [2.75, 3.05) is 6.54 Å². The quantitative estimate of drug-likeness (QED) is 0.805. The molecule has 16 heavy (non-hydrogen) atoms. The first-order chi connectivity index (χ1) is 7.48. The van der Waals surface area contributed by atoms with E-state index in [4.69, 9.17) is 0 Å². The fourth-order valence-corrected chi connectivity index (χ4v) is 1.42. The number of aromatic nitrogens is 1. The summed E-state index contributed by atoms with van der Waals surface area (Å²) in [5.74, 6) is -0.390. The minimum Gasteiger partial charge on any atom is -0.382 e. The van der Waals surface area contributed by atoms with Crippen molar-refractivity contribution in [1.29, 1.82) is 0 Å². The summed E-state index contributed by atoms with van der Waals surface area (Å²) in [5.41, 5.74) is -0.526. The average molecular weight is 226 g/mol. The van der Waals surface area contributed by atoms with E-state index in [9.17, 15) is 9.50 Å². The van der Waals surface area contributed by atoms with E-state index in [0.717, 1.165) is 6.20 Å². The van der Waals surface area contributed by atoms with Gasteiger partial charge in [0, 0.05) is 12.6 Å². The maximum Gasteiger partial charge on any atom is 0.141 e. The molecule has 2 N–H and O–H groups in total. The van der Waals surface area contributed by atoms with Crippen molar-refractivity contribution >= 4 is 0 Å². The zero-order valence-corrected chi connectivity index (χ0v) is 10.00. The predicted octanol–water partition coefficient (Wildman–Crippen LogP) is 1.82. The standard InChI is InChI=1S/C12H19FN2O/c1-4-12(16,8-15-9(2)3)11-6-5-10(13)7-14-11/h5-7,9,15-16H,4,8H2,1-3H3. The van der Waals surface area contributed by atoms with Crippen LogP contribution in [-0.4, -0.2) is 22.7 Å². The Bertz CT molecular complexity index is 326. The fourth-order valence-electron chi connectivity index (χ4n) is 1.42. The SMILES string of the molecule is CCC(O)(CNC(C)C)c1ccc(F)cn1. The van der Waals surface area contributed by atoms with E-state index < -0.39 is 5.60 Å². The first kappa shape index (κ1) is 13.1. The molecule has 1 aromatic heterocycles.